The Morgan fingerprint density at radius 3 is 2.52 bits per heavy atom. The van der Waals surface area contributed by atoms with E-state index in [4.69, 9.17) is 16.3 Å². The molecule has 3 heterocycles. The van der Waals surface area contributed by atoms with Crippen LogP contribution in [0.4, 0.5) is 11.4 Å². The van der Waals surface area contributed by atoms with Crippen molar-refractivity contribution in [2.75, 3.05) is 16.8 Å². The number of hydrogen-bond donors (Lipinski definition) is 3. The fraction of sp³-hybridized carbons (Fsp3) is 0.143. The van der Waals surface area contributed by atoms with Gasteiger partial charge in [-0.1, -0.05) is 52.9 Å². The molecule has 1 fully saturated rings. The predicted octanol–water partition coefficient (Wildman–Crippen LogP) is 4.61. The number of para-hydroxylation sites is 1. The predicted molar refractivity (Wildman–Crippen MR) is 153 cm³/mol. The molecule has 0 unspecified atom stereocenters. The van der Waals surface area contributed by atoms with Crippen LogP contribution in [0.2, 0.25) is 5.02 Å². The number of halogens is 1. The highest BCUT2D eigenvalue weighted by atomic mass is 35.5. The van der Waals surface area contributed by atoms with Gasteiger partial charge in [0.15, 0.2) is 6.61 Å². The molecule has 6 rings (SSSR count). The number of aromatic nitrogens is 1. The van der Waals surface area contributed by atoms with Gasteiger partial charge in [0.1, 0.15) is 16.7 Å². The van der Waals surface area contributed by atoms with Crippen molar-refractivity contribution in [1.82, 2.24) is 4.98 Å². The number of nitrogens with one attached hydrogen (secondary N) is 2. The largest absolute Gasteiger partial charge is 0.508 e. The number of carbonyl (C=O) groups excluding carboxylic acids is 3. The van der Waals surface area contributed by atoms with Crippen molar-refractivity contribution in [3.05, 3.63) is 97.9 Å². The maximum absolute atomic E-state index is 13.9. The van der Waals surface area contributed by atoms with Crippen LogP contribution in [0.3, 0.4) is 0 Å². The number of H-pyrrole nitrogens is 1. The molecule has 202 valence electrons. The first kappa shape index (κ1) is 26.2. The summed E-state index contributed by atoms with van der Waals surface area (Å²) >= 11 is 8.54. The summed E-state index contributed by atoms with van der Waals surface area (Å²) in [6, 6.07) is 19.6. The SMILES string of the molecule is O=C(COc1ccc(Cl)cc1[C@@H]1c2sc(=O)[nH]c2S[C@H]2C(=O)N(c3ccccc3)C(=O)[C@@H]12)Nc1ccc(O)cc1. The molecular formula is C28H20ClN3O6S2. The molecule has 9 nitrogen and oxygen atoms in total. The number of thioether (sulfide) groups is 1. The molecule has 4 aromatic rings. The van der Waals surface area contributed by atoms with Crippen LogP contribution < -0.4 is 19.8 Å². The minimum absolute atomic E-state index is 0.0706. The summed E-state index contributed by atoms with van der Waals surface area (Å²) in [6.07, 6.45) is 0. The van der Waals surface area contributed by atoms with Crippen LogP contribution in [0.1, 0.15) is 16.4 Å². The maximum atomic E-state index is 13.9. The second-order valence-electron chi connectivity index (χ2n) is 9.16. The van der Waals surface area contributed by atoms with Gasteiger partial charge in [-0.05, 0) is 54.6 Å². The highest BCUT2D eigenvalue weighted by Gasteiger charge is 2.56. The number of amides is 3. The number of ether oxygens (including phenoxy) is 1. The molecule has 2 aliphatic heterocycles. The van der Waals surface area contributed by atoms with E-state index in [0.717, 1.165) is 11.3 Å². The molecular weight excluding hydrogens is 574 g/mol. The van der Waals surface area contributed by atoms with Crippen LogP contribution in [-0.4, -0.2) is 39.7 Å². The Hall–Kier alpha value is -4.06. The highest BCUT2D eigenvalue weighted by Crippen LogP contribution is 2.54. The minimum Gasteiger partial charge on any atom is -0.508 e. The molecule has 0 saturated carbocycles. The minimum atomic E-state index is -0.830. The van der Waals surface area contributed by atoms with E-state index in [9.17, 15) is 24.3 Å². The second kappa shape index (κ2) is 10.5. The van der Waals surface area contributed by atoms with Crippen LogP contribution in [0.15, 0.2) is 82.6 Å². The third-order valence-corrected chi connectivity index (χ3v) is 9.29. The molecule has 1 aromatic heterocycles. The smallest absolute Gasteiger partial charge is 0.305 e. The van der Waals surface area contributed by atoms with Gasteiger partial charge in [-0.2, -0.15) is 0 Å². The number of rotatable bonds is 6. The number of thiazole rings is 1. The second-order valence-corrected chi connectivity index (χ2v) is 11.8. The van der Waals surface area contributed by atoms with E-state index >= 15 is 0 Å². The monoisotopic (exact) mass is 593 g/mol. The van der Waals surface area contributed by atoms with Crippen molar-refractivity contribution in [2.45, 2.75) is 16.2 Å². The van der Waals surface area contributed by atoms with Gasteiger partial charge in [-0.25, -0.2) is 4.90 Å². The van der Waals surface area contributed by atoms with Crippen molar-refractivity contribution < 1.29 is 24.2 Å². The average Bonchev–Trinajstić information content (AvgIpc) is 3.43. The first-order chi connectivity index (χ1) is 19.3. The number of fused-ring (bicyclic) bond motifs is 2. The van der Waals surface area contributed by atoms with Crippen LogP contribution in [0.5, 0.6) is 11.5 Å². The molecule has 0 radical (unpaired) electrons. The Morgan fingerprint density at radius 1 is 1.02 bits per heavy atom. The van der Waals surface area contributed by atoms with Gasteiger partial charge >= 0.3 is 4.87 Å². The van der Waals surface area contributed by atoms with Crippen LogP contribution >= 0.6 is 34.7 Å². The number of nitrogens with zero attached hydrogens (tertiary/aromatic N) is 1. The summed E-state index contributed by atoms with van der Waals surface area (Å²) in [7, 11) is 0. The normalized spacial score (nSPS) is 19.7. The van der Waals surface area contributed by atoms with Gasteiger partial charge in [-0.15, -0.1) is 0 Å². The highest BCUT2D eigenvalue weighted by molar-refractivity contribution is 8.00. The number of benzene rings is 3. The van der Waals surface area contributed by atoms with Gasteiger partial charge in [0.25, 0.3) is 5.91 Å². The van der Waals surface area contributed by atoms with Crippen molar-refractivity contribution in [1.29, 1.82) is 0 Å². The Morgan fingerprint density at radius 2 is 1.77 bits per heavy atom. The van der Waals surface area contributed by atoms with Crippen LogP contribution in [0, 0.1) is 5.92 Å². The molecule has 1 saturated heterocycles. The molecule has 0 bridgehead atoms. The van der Waals surface area contributed by atoms with E-state index in [1.54, 1.807) is 60.7 Å². The number of phenols is 1. The molecule has 3 amide bonds. The lowest BCUT2D eigenvalue weighted by molar-refractivity contribution is -0.122. The lowest BCUT2D eigenvalue weighted by atomic mass is 9.82. The Balaban J connectivity index is 1.36. The summed E-state index contributed by atoms with van der Waals surface area (Å²) in [4.78, 5) is 56.8. The fourth-order valence-corrected chi connectivity index (χ4v) is 7.65. The lowest BCUT2D eigenvalue weighted by Crippen LogP contribution is -2.32. The standard InChI is InChI=1S/C28H20ClN3O6S2/c29-14-6-11-19(38-13-20(34)30-15-7-9-17(33)10-8-15)18(12-14)21-22-24(39-25-23(21)40-28(37)31-25)27(36)32(26(22)35)16-4-2-1-3-5-16/h1-12,21-22,24,33H,13H2,(H,30,34)(H,31,37)/t21-,22-,24+/m0/s1. The summed E-state index contributed by atoms with van der Waals surface area (Å²) < 4.78 is 5.93. The van der Waals surface area contributed by atoms with Gasteiger partial charge in [0, 0.05) is 27.1 Å². The lowest BCUT2D eigenvalue weighted by Gasteiger charge is -2.31. The number of phenolic OH excluding ortho intramolecular Hbond substituents is 1. The Labute approximate surface area is 240 Å². The van der Waals surface area contributed by atoms with Crippen LogP contribution in [0.25, 0.3) is 0 Å². The third kappa shape index (κ3) is 4.76. The number of aromatic hydroxyl groups is 1. The summed E-state index contributed by atoms with van der Waals surface area (Å²) in [5.74, 6) is -2.38. The van der Waals surface area contributed by atoms with Crippen molar-refractivity contribution in [2.24, 2.45) is 5.92 Å². The zero-order valence-electron chi connectivity index (χ0n) is 20.5. The molecule has 2 aliphatic rings. The van der Waals surface area contributed by atoms with Gasteiger partial charge in [-0.3, -0.25) is 19.2 Å². The molecule has 0 aliphatic carbocycles. The average molecular weight is 594 g/mol. The number of anilines is 2. The number of carbonyl (C=O) groups is 3. The van der Waals surface area contributed by atoms with Crippen molar-refractivity contribution in [3.63, 3.8) is 0 Å². The molecule has 3 aromatic carbocycles. The first-order valence-electron chi connectivity index (χ1n) is 12.1. The first-order valence-corrected chi connectivity index (χ1v) is 14.2. The van der Waals surface area contributed by atoms with Crippen molar-refractivity contribution >= 4 is 63.8 Å². The van der Waals surface area contributed by atoms with E-state index in [1.165, 1.54) is 28.8 Å². The van der Waals surface area contributed by atoms with E-state index in [-0.39, 0.29) is 29.0 Å². The molecule has 0 spiro atoms. The number of aromatic amines is 1. The van der Waals surface area contributed by atoms with Crippen molar-refractivity contribution in [3.8, 4) is 11.5 Å². The zero-order valence-corrected chi connectivity index (χ0v) is 22.9. The number of hydrogen-bond acceptors (Lipinski definition) is 8. The number of imide groups is 1. The van der Waals surface area contributed by atoms with Gasteiger partial charge in [0.2, 0.25) is 11.8 Å². The van der Waals surface area contributed by atoms with Gasteiger partial charge < -0.3 is 20.1 Å². The topological polar surface area (TPSA) is 129 Å². The Kier molecular flexibility index (Phi) is 6.87. The molecule has 12 heteroatoms. The maximum Gasteiger partial charge on any atom is 0.305 e. The van der Waals surface area contributed by atoms with E-state index < -0.39 is 23.0 Å². The summed E-state index contributed by atoms with van der Waals surface area (Å²) in [5.41, 5.74) is 1.44. The molecule has 3 atom stereocenters. The Bertz CT molecular complexity index is 1690. The summed E-state index contributed by atoms with van der Waals surface area (Å²) in [5, 5.41) is 12.3. The van der Waals surface area contributed by atoms with Gasteiger partial charge in [0.05, 0.1) is 16.6 Å². The third-order valence-electron chi connectivity index (χ3n) is 6.66. The molecule has 40 heavy (non-hydrogen) atoms. The summed E-state index contributed by atoms with van der Waals surface area (Å²) in [6.45, 7) is -0.357. The van der Waals surface area contributed by atoms with Crippen LogP contribution in [-0.2, 0) is 14.4 Å². The van der Waals surface area contributed by atoms with E-state index in [0.29, 0.717) is 37.6 Å². The van der Waals surface area contributed by atoms with E-state index in [1.807, 2.05) is 0 Å². The molecule has 3 N–H and O–H groups in total. The quantitative estimate of drug-likeness (QED) is 0.220. The van der Waals surface area contributed by atoms with E-state index in [2.05, 4.69) is 10.3 Å². The zero-order chi connectivity index (χ0) is 28.0. The fourth-order valence-electron chi connectivity index (χ4n) is 4.96.